The van der Waals surface area contributed by atoms with Gasteiger partial charge in [-0.3, -0.25) is 4.98 Å². The molecular formula is C11H10N4O3S. The zero-order chi connectivity index (χ0) is 13.7. The van der Waals surface area contributed by atoms with Gasteiger partial charge in [0.05, 0.1) is 17.7 Å². The Morgan fingerprint density at radius 2 is 2.26 bits per heavy atom. The van der Waals surface area contributed by atoms with Crippen molar-refractivity contribution in [2.24, 2.45) is 0 Å². The lowest BCUT2D eigenvalue weighted by Crippen LogP contribution is -2.28. The first-order chi connectivity index (χ1) is 9.16. The summed E-state index contributed by atoms with van der Waals surface area (Å²) in [6.07, 6.45) is 3.00. The smallest absolute Gasteiger partial charge is 0.356 e. The first kappa shape index (κ1) is 13.0. The summed E-state index contributed by atoms with van der Waals surface area (Å²) in [6.45, 7) is 0.333. The van der Waals surface area contributed by atoms with Gasteiger partial charge in [-0.1, -0.05) is 0 Å². The van der Waals surface area contributed by atoms with Crippen molar-refractivity contribution in [3.8, 4) is 0 Å². The summed E-state index contributed by atoms with van der Waals surface area (Å²) in [4.78, 5) is 31.0. The Hall–Kier alpha value is -2.48. The van der Waals surface area contributed by atoms with E-state index in [0.29, 0.717) is 6.54 Å². The molecule has 0 atom stereocenters. The van der Waals surface area contributed by atoms with Gasteiger partial charge in [0.25, 0.3) is 0 Å². The number of aromatic carboxylic acids is 1. The van der Waals surface area contributed by atoms with Crippen LogP contribution in [0.3, 0.4) is 0 Å². The monoisotopic (exact) mass is 278 g/mol. The summed E-state index contributed by atoms with van der Waals surface area (Å²) in [6, 6.07) is 2.53. The maximum absolute atomic E-state index is 11.6. The molecular weight excluding hydrogens is 268 g/mol. The number of hydrogen-bond acceptors (Lipinski definition) is 5. The van der Waals surface area contributed by atoms with Crippen molar-refractivity contribution in [3.63, 3.8) is 0 Å². The molecule has 98 valence electrons. The standard InChI is InChI=1S/C11H10N4O3S/c16-10(17)9-8(2-1-3-13-9)15-11(18)14-5-7-4-12-6-19-7/h1-4,6H,5H2,(H,16,17)(H2,14,15,18). The van der Waals surface area contributed by atoms with Gasteiger partial charge in [0.1, 0.15) is 0 Å². The topological polar surface area (TPSA) is 104 Å². The maximum Gasteiger partial charge on any atom is 0.356 e. The lowest BCUT2D eigenvalue weighted by molar-refractivity contribution is 0.0692. The summed E-state index contributed by atoms with van der Waals surface area (Å²) in [5.41, 5.74) is 1.62. The highest BCUT2D eigenvalue weighted by atomic mass is 32.1. The molecule has 0 aromatic carbocycles. The van der Waals surface area contributed by atoms with Crippen molar-refractivity contribution in [3.05, 3.63) is 40.6 Å². The van der Waals surface area contributed by atoms with Crippen LogP contribution in [0, 0.1) is 0 Å². The Labute approximate surface area is 112 Å². The minimum atomic E-state index is -1.20. The van der Waals surface area contributed by atoms with Crippen LogP contribution in [0.1, 0.15) is 15.4 Å². The van der Waals surface area contributed by atoms with E-state index < -0.39 is 12.0 Å². The zero-order valence-corrected chi connectivity index (χ0v) is 10.5. The fourth-order valence-electron chi connectivity index (χ4n) is 1.34. The van der Waals surface area contributed by atoms with Crippen LogP contribution >= 0.6 is 11.3 Å². The van der Waals surface area contributed by atoms with E-state index in [1.165, 1.54) is 23.6 Å². The number of nitrogens with zero attached hydrogens (tertiary/aromatic N) is 2. The zero-order valence-electron chi connectivity index (χ0n) is 9.66. The summed E-state index contributed by atoms with van der Waals surface area (Å²) in [5, 5.41) is 14.0. The second kappa shape index (κ2) is 5.91. The molecule has 8 heteroatoms. The predicted molar refractivity (Wildman–Crippen MR) is 69.2 cm³/mol. The fraction of sp³-hybridized carbons (Fsp3) is 0.0909. The van der Waals surface area contributed by atoms with Crippen LogP contribution in [0.25, 0.3) is 0 Å². The molecule has 2 rings (SSSR count). The van der Waals surface area contributed by atoms with Crippen molar-refractivity contribution >= 4 is 29.0 Å². The second-order valence-corrected chi connectivity index (χ2v) is 4.45. The van der Waals surface area contributed by atoms with Crippen LogP contribution < -0.4 is 10.6 Å². The summed E-state index contributed by atoms with van der Waals surface area (Å²) >= 11 is 1.42. The number of carboxylic acid groups (broad SMARTS) is 1. The van der Waals surface area contributed by atoms with Crippen molar-refractivity contribution in [2.75, 3.05) is 5.32 Å². The van der Waals surface area contributed by atoms with Gasteiger partial charge in [-0.2, -0.15) is 0 Å². The lowest BCUT2D eigenvalue weighted by Gasteiger charge is -2.08. The SMILES string of the molecule is O=C(NCc1cncs1)Nc1cccnc1C(=O)O. The minimum absolute atomic E-state index is 0.150. The average Bonchev–Trinajstić information content (AvgIpc) is 2.90. The molecule has 0 unspecified atom stereocenters. The highest BCUT2D eigenvalue weighted by molar-refractivity contribution is 7.09. The van der Waals surface area contributed by atoms with Gasteiger partial charge >= 0.3 is 12.0 Å². The van der Waals surface area contributed by atoms with Gasteiger partial charge in [0.2, 0.25) is 0 Å². The molecule has 0 aliphatic heterocycles. The lowest BCUT2D eigenvalue weighted by atomic mass is 10.3. The normalized spacial score (nSPS) is 9.89. The third kappa shape index (κ3) is 3.49. The molecule has 0 saturated heterocycles. The van der Waals surface area contributed by atoms with Gasteiger partial charge in [-0.25, -0.2) is 14.6 Å². The molecule has 2 heterocycles. The number of carboxylic acids is 1. The third-order valence-corrected chi connectivity index (χ3v) is 2.94. The number of rotatable bonds is 4. The van der Waals surface area contributed by atoms with Crippen molar-refractivity contribution in [1.82, 2.24) is 15.3 Å². The van der Waals surface area contributed by atoms with Crippen LogP contribution in [0.5, 0.6) is 0 Å². The molecule has 0 fully saturated rings. The second-order valence-electron chi connectivity index (χ2n) is 3.48. The molecule has 2 amide bonds. The molecule has 2 aromatic heterocycles. The van der Waals surface area contributed by atoms with E-state index >= 15 is 0 Å². The van der Waals surface area contributed by atoms with E-state index in [-0.39, 0.29) is 11.4 Å². The van der Waals surface area contributed by atoms with E-state index in [4.69, 9.17) is 5.11 Å². The van der Waals surface area contributed by atoms with E-state index in [1.807, 2.05) is 0 Å². The molecule has 0 bridgehead atoms. The number of urea groups is 1. The molecule has 19 heavy (non-hydrogen) atoms. The molecule has 3 N–H and O–H groups in total. The highest BCUT2D eigenvalue weighted by Gasteiger charge is 2.13. The Morgan fingerprint density at radius 1 is 1.42 bits per heavy atom. The molecule has 0 saturated carbocycles. The van der Waals surface area contributed by atoms with Gasteiger partial charge < -0.3 is 15.7 Å². The van der Waals surface area contributed by atoms with E-state index in [1.54, 1.807) is 17.8 Å². The largest absolute Gasteiger partial charge is 0.476 e. The van der Waals surface area contributed by atoms with Crippen LogP contribution in [0.15, 0.2) is 30.0 Å². The number of carbonyl (C=O) groups is 2. The van der Waals surface area contributed by atoms with Crippen molar-refractivity contribution < 1.29 is 14.7 Å². The number of aromatic nitrogens is 2. The summed E-state index contributed by atoms with van der Waals surface area (Å²) in [5.74, 6) is -1.20. The van der Waals surface area contributed by atoms with Gasteiger partial charge in [-0.05, 0) is 12.1 Å². The van der Waals surface area contributed by atoms with Gasteiger partial charge in [-0.15, -0.1) is 11.3 Å². The number of nitrogens with one attached hydrogen (secondary N) is 2. The minimum Gasteiger partial charge on any atom is -0.476 e. The Kier molecular flexibility index (Phi) is 4.04. The van der Waals surface area contributed by atoms with E-state index in [2.05, 4.69) is 20.6 Å². The molecule has 2 aromatic rings. The number of carbonyl (C=O) groups excluding carboxylic acids is 1. The van der Waals surface area contributed by atoms with Crippen LogP contribution in [0.4, 0.5) is 10.5 Å². The van der Waals surface area contributed by atoms with Crippen LogP contribution in [-0.4, -0.2) is 27.1 Å². The van der Waals surface area contributed by atoms with Gasteiger partial charge in [0.15, 0.2) is 5.69 Å². The average molecular weight is 278 g/mol. The van der Waals surface area contributed by atoms with Crippen molar-refractivity contribution in [1.29, 1.82) is 0 Å². The Morgan fingerprint density at radius 3 is 2.95 bits per heavy atom. The molecule has 0 spiro atoms. The third-order valence-electron chi connectivity index (χ3n) is 2.17. The fourth-order valence-corrected chi connectivity index (χ4v) is 1.87. The number of pyridine rings is 1. The molecule has 0 aliphatic carbocycles. The van der Waals surface area contributed by atoms with Crippen LogP contribution in [0.2, 0.25) is 0 Å². The Balaban J connectivity index is 1.97. The first-order valence-corrected chi connectivity index (χ1v) is 6.15. The molecule has 0 radical (unpaired) electrons. The maximum atomic E-state index is 11.6. The first-order valence-electron chi connectivity index (χ1n) is 5.27. The molecule has 0 aliphatic rings. The number of thiazole rings is 1. The quantitative estimate of drug-likeness (QED) is 0.787. The number of amides is 2. The van der Waals surface area contributed by atoms with Gasteiger partial charge in [0, 0.05) is 17.3 Å². The highest BCUT2D eigenvalue weighted by Crippen LogP contribution is 2.12. The van der Waals surface area contributed by atoms with E-state index in [9.17, 15) is 9.59 Å². The predicted octanol–water partition coefficient (Wildman–Crippen LogP) is 1.56. The summed E-state index contributed by atoms with van der Waals surface area (Å²) in [7, 11) is 0. The summed E-state index contributed by atoms with van der Waals surface area (Å²) < 4.78 is 0. The van der Waals surface area contributed by atoms with Crippen LogP contribution in [-0.2, 0) is 6.54 Å². The number of anilines is 1. The number of hydrogen-bond donors (Lipinski definition) is 3. The van der Waals surface area contributed by atoms with Crippen molar-refractivity contribution in [2.45, 2.75) is 6.54 Å². The molecule has 7 nitrogen and oxygen atoms in total. The van der Waals surface area contributed by atoms with E-state index in [0.717, 1.165) is 4.88 Å². The Bertz CT molecular complexity index is 585.